The molecule has 3 rings (SSSR count). The van der Waals surface area contributed by atoms with Gasteiger partial charge in [0, 0.05) is 34.9 Å². The monoisotopic (exact) mass is 473 g/mol. The predicted octanol–water partition coefficient (Wildman–Crippen LogP) is 5.95. The molecule has 1 saturated heterocycles. The molecule has 1 amide bonds. The van der Waals surface area contributed by atoms with Crippen molar-refractivity contribution < 1.29 is 23.9 Å². The first-order valence-corrected chi connectivity index (χ1v) is 12.4. The van der Waals surface area contributed by atoms with Crippen molar-refractivity contribution in [3.8, 4) is 0 Å². The van der Waals surface area contributed by atoms with Crippen LogP contribution in [0.15, 0.2) is 36.4 Å². The quantitative estimate of drug-likeness (QED) is 0.438. The fourth-order valence-corrected chi connectivity index (χ4v) is 5.24. The highest BCUT2D eigenvalue weighted by molar-refractivity contribution is 7.13. The summed E-state index contributed by atoms with van der Waals surface area (Å²) in [5.41, 5.74) is 0.926. The van der Waals surface area contributed by atoms with Crippen molar-refractivity contribution in [1.29, 1.82) is 0 Å². The Morgan fingerprint density at radius 1 is 1.15 bits per heavy atom. The highest BCUT2D eigenvalue weighted by Gasteiger charge is 2.40. The molecule has 1 aliphatic heterocycles. The molecule has 2 heterocycles. The van der Waals surface area contributed by atoms with Crippen molar-refractivity contribution in [2.24, 2.45) is 0 Å². The van der Waals surface area contributed by atoms with Gasteiger partial charge < -0.3 is 10.0 Å². The first-order valence-electron chi connectivity index (χ1n) is 11.6. The first-order chi connectivity index (χ1) is 15.6. The molecular formula is C26H32FNO4S. The average Bonchev–Trinajstić information content (AvgIpc) is 3.37. The zero-order chi connectivity index (χ0) is 24.2. The molecule has 5 nitrogen and oxygen atoms in total. The maximum absolute atomic E-state index is 14.3. The van der Waals surface area contributed by atoms with Gasteiger partial charge in [-0.25, -0.2) is 9.18 Å². The average molecular weight is 474 g/mol. The summed E-state index contributed by atoms with van der Waals surface area (Å²) in [7, 11) is 0. The van der Waals surface area contributed by atoms with Gasteiger partial charge in [0.05, 0.1) is 0 Å². The molecule has 33 heavy (non-hydrogen) atoms. The van der Waals surface area contributed by atoms with Crippen LogP contribution in [0.1, 0.15) is 79.4 Å². The van der Waals surface area contributed by atoms with Gasteiger partial charge in [0.25, 0.3) is 5.91 Å². The van der Waals surface area contributed by atoms with E-state index in [4.69, 9.17) is 5.11 Å². The number of aryl methyl sites for hydroxylation is 1. The second-order valence-electron chi connectivity index (χ2n) is 9.23. The molecule has 0 bridgehead atoms. The largest absolute Gasteiger partial charge is 0.477 e. The van der Waals surface area contributed by atoms with Crippen LogP contribution >= 0.6 is 11.3 Å². The van der Waals surface area contributed by atoms with Crippen LogP contribution in [0.4, 0.5) is 10.1 Å². The number of rotatable bonds is 11. The molecule has 7 heteroatoms. The van der Waals surface area contributed by atoms with Gasteiger partial charge in [0.1, 0.15) is 10.7 Å². The third kappa shape index (κ3) is 5.69. The Hall–Kier alpha value is -2.54. The molecule has 0 radical (unpaired) electrons. The van der Waals surface area contributed by atoms with Gasteiger partial charge in [-0.05, 0) is 69.4 Å². The van der Waals surface area contributed by atoms with Crippen molar-refractivity contribution in [3.05, 3.63) is 51.7 Å². The number of aromatic carboxylic acids is 1. The number of thiophene rings is 1. The second kappa shape index (κ2) is 10.6. The van der Waals surface area contributed by atoms with E-state index < -0.39 is 23.5 Å². The zero-order valence-corrected chi connectivity index (χ0v) is 20.3. The van der Waals surface area contributed by atoms with Crippen LogP contribution in [0.5, 0.6) is 0 Å². The van der Waals surface area contributed by atoms with Crippen molar-refractivity contribution in [2.45, 2.75) is 83.3 Å². The fourth-order valence-electron chi connectivity index (χ4n) is 4.35. The Labute approximate surface area is 198 Å². The highest BCUT2D eigenvalue weighted by atomic mass is 32.1. The minimum atomic E-state index is -1.51. The molecule has 0 spiro atoms. The van der Waals surface area contributed by atoms with E-state index in [-0.39, 0.29) is 18.2 Å². The number of carbonyl (C=O) groups is 3. The van der Waals surface area contributed by atoms with Crippen LogP contribution in [-0.2, 0) is 21.4 Å². The van der Waals surface area contributed by atoms with Gasteiger partial charge in [-0.15, -0.1) is 11.3 Å². The molecule has 0 saturated carbocycles. The van der Waals surface area contributed by atoms with Crippen LogP contribution in [0.2, 0.25) is 0 Å². The molecule has 2 atom stereocenters. The lowest BCUT2D eigenvalue weighted by Crippen LogP contribution is -2.34. The van der Waals surface area contributed by atoms with E-state index in [1.807, 2.05) is 44.2 Å². The Balaban J connectivity index is 1.68. The van der Waals surface area contributed by atoms with E-state index in [0.717, 1.165) is 29.7 Å². The third-order valence-corrected chi connectivity index (χ3v) is 7.64. The molecule has 178 valence electrons. The van der Waals surface area contributed by atoms with Crippen molar-refractivity contribution >= 4 is 34.7 Å². The van der Waals surface area contributed by atoms with E-state index in [1.165, 1.54) is 11.3 Å². The van der Waals surface area contributed by atoms with Crippen molar-refractivity contribution in [2.75, 3.05) is 4.90 Å². The Bertz CT molecular complexity index is 998. The van der Waals surface area contributed by atoms with Crippen LogP contribution < -0.4 is 4.90 Å². The number of carboxylic acids is 1. The standard InChI is InChI=1S/C26H32FNO4S/c1-4-5-9-23(29)26(2,3)17-10-12-18(13-11-17)28-19(16-21(27)24(28)30)7-6-8-20-14-15-22(33-20)25(31)32/h10-15,19,21H,4-9,16H2,1-3H3,(H,31,32). The zero-order valence-electron chi connectivity index (χ0n) is 19.5. The Morgan fingerprint density at radius 3 is 2.45 bits per heavy atom. The van der Waals surface area contributed by atoms with Gasteiger partial charge in [-0.1, -0.05) is 25.5 Å². The van der Waals surface area contributed by atoms with Crippen LogP contribution in [0.3, 0.4) is 0 Å². The number of carbonyl (C=O) groups excluding carboxylic acids is 2. The van der Waals surface area contributed by atoms with Gasteiger partial charge in [0.2, 0.25) is 0 Å². The minimum Gasteiger partial charge on any atom is -0.477 e. The molecule has 1 N–H and O–H groups in total. The number of carboxylic acid groups (broad SMARTS) is 1. The summed E-state index contributed by atoms with van der Waals surface area (Å²) in [6.45, 7) is 5.90. The summed E-state index contributed by atoms with van der Waals surface area (Å²) < 4.78 is 14.3. The number of alkyl halides is 1. The lowest BCUT2D eigenvalue weighted by atomic mass is 9.79. The maximum atomic E-state index is 14.3. The number of nitrogens with zero attached hydrogens (tertiary/aromatic N) is 1. The maximum Gasteiger partial charge on any atom is 0.345 e. The molecule has 2 aromatic rings. The van der Waals surface area contributed by atoms with Crippen molar-refractivity contribution in [3.63, 3.8) is 0 Å². The van der Waals surface area contributed by atoms with E-state index in [0.29, 0.717) is 29.8 Å². The summed E-state index contributed by atoms with van der Waals surface area (Å²) in [5.74, 6) is -1.26. The van der Waals surface area contributed by atoms with E-state index in [2.05, 4.69) is 6.92 Å². The SMILES string of the molecule is CCCCC(=O)C(C)(C)c1ccc(N2C(=O)C(F)CC2CCCc2ccc(C(=O)O)s2)cc1. The number of hydrogen-bond donors (Lipinski definition) is 1. The van der Waals surface area contributed by atoms with Crippen LogP contribution in [0.25, 0.3) is 0 Å². The Morgan fingerprint density at radius 2 is 1.85 bits per heavy atom. The van der Waals surface area contributed by atoms with Crippen LogP contribution in [0, 0.1) is 0 Å². The fraction of sp³-hybridized carbons (Fsp3) is 0.500. The van der Waals surface area contributed by atoms with Gasteiger partial charge in [-0.2, -0.15) is 0 Å². The number of ketones is 1. The minimum absolute atomic E-state index is 0.159. The Kier molecular flexibility index (Phi) is 8.05. The van der Waals surface area contributed by atoms with Crippen LogP contribution in [-0.4, -0.2) is 35.0 Å². The van der Waals surface area contributed by atoms with Gasteiger partial charge >= 0.3 is 5.97 Å². The topological polar surface area (TPSA) is 74.7 Å². The lowest BCUT2D eigenvalue weighted by Gasteiger charge is -2.27. The molecule has 2 unspecified atom stereocenters. The number of unbranched alkanes of at least 4 members (excludes halogenated alkanes) is 1. The molecular weight excluding hydrogens is 441 g/mol. The van der Waals surface area contributed by atoms with Crippen molar-refractivity contribution in [1.82, 2.24) is 0 Å². The van der Waals surface area contributed by atoms with Gasteiger partial charge in [0.15, 0.2) is 6.17 Å². The number of Topliss-reactive ketones (excluding diaryl/α,β-unsaturated/α-hetero) is 1. The second-order valence-corrected chi connectivity index (χ2v) is 10.4. The lowest BCUT2D eigenvalue weighted by molar-refractivity contribution is -0.123. The van der Waals surface area contributed by atoms with E-state index >= 15 is 0 Å². The molecule has 1 aliphatic rings. The predicted molar refractivity (Wildman–Crippen MR) is 129 cm³/mol. The van der Waals surface area contributed by atoms with Gasteiger partial charge in [-0.3, -0.25) is 9.59 Å². The summed E-state index contributed by atoms with van der Waals surface area (Å²) in [5, 5.41) is 9.06. The molecule has 1 fully saturated rings. The smallest absolute Gasteiger partial charge is 0.345 e. The summed E-state index contributed by atoms with van der Waals surface area (Å²) >= 11 is 1.25. The van der Waals surface area contributed by atoms with E-state index in [9.17, 15) is 18.8 Å². The number of hydrogen-bond acceptors (Lipinski definition) is 4. The highest BCUT2D eigenvalue weighted by Crippen LogP contribution is 2.34. The summed E-state index contributed by atoms with van der Waals surface area (Å²) in [6, 6.07) is 10.5. The number of amides is 1. The number of halogens is 1. The number of anilines is 1. The summed E-state index contributed by atoms with van der Waals surface area (Å²) in [6.07, 6.45) is 3.09. The first kappa shape index (κ1) is 25.1. The molecule has 0 aliphatic carbocycles. The normalized spacial score (nSPS) is 18.7. The molecule has 1 aromatic heterocycles. The summed E-state index contributed by atoms with van der Waals surface area (Å²) in [4.78, 5) is 39.1. The van der Waals surface area contributed by atoms with E-state index in [1.54, 1.807) is 11.0 Å². The number of benzene rings is 1. The molecule has 1 aromatic carbocycles. The third-order valence-electron chi connectivity index (χ3n) is 6.50.